The molecule has 0 aliphatic rings. The van der Waals surface area contributed by atoms with E-state index in [0.717, 1.165) is 132 Å². The van der Waals surface area contributed by atoms with Gasteiger partial charge in [-0.25, -0.2) is 19.9 Å². The van der Waals surface area contributed by atoms with E-state index in [-0.39, 0.29) is 11.6 Å². The third-order valence-corrected chi connectivity index (χ3v) is 17.1. The normalized spacial score (nSPS) is 12.0. The Hall–Kier alpha value is -12.6. The molecule has 14 nitrogen and oxygen atoms in total. The molecule has 0 aliphatic heterocycles. The molecule has 8 aromatic heterocycles. The van der Waals surface area contributed by atoms with E-state index in [4.69, 9.17) is 53.7 Å². The van der Waals surface area contributed by atoms with Gasteiger partial charge in [-0.2, -0.15) is 24.9 Å². The molecule has 14 heteroatoms. The highest BCUT2D eigenvalue weighted by Crippen LogP contribution is 2.42. The van der Waals surface area contributed by atoms with Crippen molar-refractivity contribution in [1.29, 1.82) is 0 Å². The van der Waals surface area contributed by atoms with Crippen LogP contribution in [0.5, 0.6) is 0 Å². The molecule has 0 N–H and O–H groups in total. The number of furan rings is 2. The largest absolute Gasteiger partial charge is 0.456 e. The molecule has 0 spiro atoms. The predicted molar refractivity (Wildman–Crippen MR) is 351 cm³/mol. The fraction of sp³-hybridized carbons (Fsp3) is 0. The van der Waals surface area contributed by atoms with Crippen molar-refractivity contribution < 1.29 is 8.83 Å². The SMILES string of the molecule is c1ccc(-c2nc(-c3ccccc3)nc(-c3nc(-n4c5ccccc5c5ccccc54)nc(-n4c5ccccc5c5cc6c7ccccc7n(-c7nc(-c8ccc9oc%10ccccc%10c9c8)nc(-c8ccc9oc%10ccccc%10c9c8)n7)c6cc54)n3)n2)cc1. The van der Waals surface area contributed by atoms with Crippen LogP contribution >= 0.6 is 0 Å². The fourth-order valence-electron chi connectivity index (χ4n) is 13.0. The van der Waals surface area contributed by atoms with Gasteiger partial charge in [-0.1, -0.05) is 170 Å². The first-order valence-corrected chi connectivity index (χ1v) is 29.3. The molecule has 89 heavy (non-hydrogen) atoms. The maximum Gasteiger partial charge on any atom is 0.240 e. The van der Waals surface area contributed by atoms with Crippen LogP contribution in [0.3, 0.4) is 0 Å². The Morgan fingerprint density at radius 1 is 0.191 bits per heavy atom. The van der Waals surface area contributed by atoms with E-state index in [2.05, 4.69) is 135 Å². The third kappa shape index (κ3) is 7.60. The summed E-state index contributed by atoms with van der Waals surface area (Å²) in [4.78, 5) is 48.1. The van der Waals surface area contributed by atoms with Crippen LogP contribution in [0.15, 0.2) is 264 Å². The van der Waals surface area contributed by atoms with E-state index < -0.39 is 0 Å². The summed E-state index contributed by atoms with van der Waals surface area (Å²) >= 11 is 0. The van der Waals surface area contributed by atoms with Crippen LogP contribution in [0.4, 0.5) is 0 Å². The summed E-state index contributed by atoms with van der Waals surface area (Å²) in [5.74, 6) is 3.69. The molecule has 414 valence electrons. The Morgan fingerprint density at radius 3 is 0.955 bits per heavy atom. The van der Waals surface area contributed by atoms with E-state index in [1.807, 2.05) is 133 Å². The number of hydrogen-bond donors (Lipinski definition) is 0. The van der Waals surface area contributed by atoms with Gasteiger partial charge < -0.3 is 8.83 Å². The van der Waals surface area contributed by atoms with Gasteiger partial charge in [0.05, 0.1) is 33.1 Å². The second-order valence-corrected chi connectivity index (χ2v) is 22.2. The Bertz CT molecular complexity index is 5900. The van der Waals surface area contributed by atoms with Crippen LogP contribution in [0, 0.1) is 0 Å². The topological polar surface area (TPSA) is 157 Å². The quantitative estimate of drug-likeness (QED) is 0.143. The van der Waals surface area contributed by atoms with Crippen LogP contribution in [-0.2, 0) is 0 Å². The highest BCUT2D eigenvalue weighted by atomic mass is 16.3. The molecule has 0 bridgehead atoms. The molecule has 0 amide bonds. The first-order valence-electron chi connectivity index (χ1n) is 29.3. The number of benzene rings is 11. The van der Waals surface area contributed by atoms with Gasteiger partial charge in [0.2, 0.25) is 29.5 Å². The molecule has 19 aromatic rings. The van der Waals surface area contributed by atoms with Crippen LogP contribution < -0.4 is 0 Å². The number of aromatic nitrogens is 12. The average molecular weight is 1140 g/mol. The number of para-hydroxylation sites is 6. The Morgan fingerprint density at radius 2 is 0.506 bits per heavy atom. The molecule has 0 aliphatic carbocycles. The monoisotopic (exact) mass is 1140 g/mol. The Kier molecular flexibility index (Phi) is 10.4. The Balaban J connectivity index is 0.887. The summed E-state index contributed by atoms with van der Waals surface area (Å²) in [6.07, 6.45) is 0. The van der Waals surface area contributed by atoms with Gasteiger partial charge in [-0.05, 0) is 84.9 Å². The molecular formula is C75H42N12O2. The van der Waals surface area contributed by atoms with Crippen molar-refractivity contribution in [3.8, 4) is 75.0 Å². The second-order valence-electron chi connectivity index (χ2n) is 22.2. The van der Waals surface area contributed by atoms with Gasteiger partial charge in [-0.3, -0.25) is 13.7 Å². The van der Waals surface area contributed by atoms with Gasteiger partial charge in [0.25, 0.3) is 0 Å². The molecule has 0 unspecified atom stereocenters. The lowest BCUT2D eigenvalue weighted by molar-refractivity contribution is 0.668. The summed E-state index contributed by atoms with van der Waals surface area (Å²) in [5, 5.41) is 10.1. The van der Waals surface area contributed by atoms with Gasteiger partial charge in [0, 0.05) is 76.1 Å². The summed E-state index contributed by atoms with van der Waals surface area (Å²) in [6.45, 7) is 0. The van der Waals surface area contributed by atoms with Crippen molar-refractivity contribution >= 4 is 109 Å². The molecule has 0 atom stereocenters. The zero-order valence-corrected chi connectivity index (χ0v) is 46.9. The average Bonchev–Trinajstić information content (AvgIpc) is 1.59. The number of fused-ring (bicyclic) bond motifs is 15. The lowest BCUT2D eigenvalue weighted by atomic mass is 10.1. The van der Waals surface area contributed by atoms with Crippen LogP contribution in [-0.4, -0.2) is 58.6 Å². The van der Waals surface area contributed by atoms with Crippen LogP contribution in [0.25, 0.3) is 184 Å². The van der Waals surface area contributed by atoms with E-state index in [1.54, 1.807) is 0 Å². The zero-order valence-electron chi connectivity index (χ0n) is 46.9. The van der Waals surface area contributed by atoms with Crippen LogP contribution in [0.2, 0.25) is 0 Å². The smallest absolute Gasteiger partial charge is 0.240 e. The van der Waals surface area contributed by atoms with Crippen molar-refractivity contribution in [2.24, 2.45) is 0 Å². The number of rotatable bonds is 8. The lowest BCUT2D eigenvalue weighted by Crippen LogP contribution is -2.12. The fourth-order valence-corrected chi connectivity index (χ4v) is 13.0. The first-order chi connectivity index (χ1) is 44.1. The highest BCUT2D eigenvalue weighted by Gasteiger charge is 2.26. The molecule has 0 radical (unpaired) electrons. The molecule has 8 heterocycles. The van der Waals surface area contributed by atoms with Gasteiger partial charge in [0.15, 0.2) is 23.3 Å². The highest BCUT2D eigenvalue weighted by molar-refractivity contribution is 6.19. The van der Waals surface area contributed by atoms with E-state index in [1.165, 1.54) is 0 Å². The Labute approximate surface area is 504 Å². The minimum atomic E-state index is 0.262. The third-order valence-electron chi connectivity index (χ3n) is 17.1. The predicted octanol–water partition coefficient (Wildman–Crippen LogP) is 17.7. The molecule has 0 saturated heterocycles. The summed E-state index contributed by atoms with van der Waals surface area (Å²) in [6, 6.07) is 86.3. The standard InChI is InChI=1S/C75H42N12O2/c1-3-19-43(20-4-1)67-76-68(44-21-5-2-6-22-44)79-71(78-67)72-82-74(85-57-29-13-7-23-47(57)48-24-8-14-30-58(48)85)84-75(83-72)87-60-32-16-10-26-50(60)54-41-53-49-25-9-15-31-59(49)86(61(53)42-62(54)87)73-80-69(45-35-37-65-55(39-45)51-27-11-17-33-63(51)88-65)77-70(81-73)46-36-38-66-56(40-46)52-28-12-18-34-64(52)89-66/h1-42H. The van der Waals surface area contributed by atoms with Crippen molar-refractivity contribution in [2.45, 2.75) is 0 Å². The molecular weight excluding hydrogens is 1100 g/mol. The van der Waals surface area contributed by atoms with Gasteiger partial charge >= 0.3 is 0 Å². The number of nitrogens with zero attached hydrogens (tertiary/aromatic N) is 12. The van der Waals surface area contributed by atoms with Gasteiger partial charge in [0.1, 0.15) is 22.3 Å². The zero-order chi connectivity index (χ0) is 58.3. The van der Waals surface area contributed by atoms with Crippen molar-refractivity contribution in [1.82, 2.24) is 58.6 Å². The minimum Gasteiger partial charge on any atom is -0.456 e. The van der Waals surface area contributed by atoms with Crippen molar-refractivity contribution in [3.63, 3.8) is 0 Å². The second kappa shape index (κ2) is 19.0. The summed E-state index contributed by atoms with van der Waals surface area (Å²) < 4.78 is 19.0. The molecule has 0 saturated carbocycles. The summed E-state index contributed by atoms with van der Waals surface area (Å²) in [7, 11) is 0. The molecule has 11 aromatic carbocycles. The van der Waals surface area contributed by atoms with Crippen molar-refractivity contribution in [3.05, 3.63) is 255 Å². The van der Waals surface area contributed by atoms with Crippen molar-refractivity contribution in [2.75, 3.05) is 0 Å². The minimum absolute atomic E-state index is 0.262. The molecule has 19 rings (SSSR count). The van der Waals surface area contributed by atoms with E-state index in [9.17, 15) is 0 Å². The molecule has 0 fully saturated rings. The van der Waals surface area contributed by atoms with Crippen LogP contribution in [0.1, 0.15) is 0 Å². The number of hydrogen-bond acceptors (Lipinski definition) is 11. The van der Waals surface area contributed by atoms with E-state index >= 15 is 0 Å². The summed E-state index contributed by atoms with van der Waals surface area (Å²) in [5.41, 5.74) is 11.8. The van der Waals surface area contributed by atoms with E-state index in [0.29, 0.717) is 41.1 Å². The lowest BCUT2D eigenvalue weighted by Gasteiger charge is -2.13. The first kappa shape index (κ1) is 48.8. The maximum absolute atomic E-state index is 6.32. The maximum atomic E-state index is 6.32. The van der Waals surface area contributed by atoms with Gasteiger partial charge in [-0.15, -0.1) is 0 Å².